The minimum atomic E-state index is -3.88. The summed E-state index contributed by atoms with van der Waals surface area (Å²) in [7, 11) is -3.07. The summed E-state index contributed by atoms with van der Waals surface area (Å²) in [5, 5.41) is 3.02. The van der Waals surface area contributed by atoms with Crippen molar-refractivity contribution in [2.75, 3.05) is 10.0 Å². The minimum absolute atomic E-state index is 0.0533. The fraction of sp³-hybridized carbons (Fsp3) is 0.0476. The Morgan fingerprint density at radius 1 is 0.833 bits per heavy atom. The van der Waals surface area contributed by atoms with Crippen LogP contribution >= 0.6 is 0 Å². The van der Waals surface area contributed by atoms with Crippen LogP contribution in [-0.4, -0.2) is 25.7 Å². The van der Waals surface area contributed by atoms with Gasteiger partial charge in [0.05, 0.1) is 15.9 Å². The molecule has 0 atom stereocenters. The van der Waals surface area contributed by atoms with Crippen LogP contribution in [0.2, 0.25) is 6.82 Å². The van der Waals surface area contributed by atoms with Crippen LogP contribution in [0.25, 0.3) is 11.0 Å². The number of rotatable bonds is 6. The lowest BCUT2D eigenvalue weighted by Gasteiger charge is -2.14. The summed E-state index contributed by atoms with van der Waals surface area (Å²) in [6.45, 7) is 2.00. The highest BCUT2D eigenvalue weighted by Crippen LogP contribution is 2.27. The molecule has 0 spiro atoms. The second-order valence-electron chi connectivity index (χ2n) is 6.64. The van der Waals surface area contributed by atoms with Gasteiger partial charge in [0.2, 0.25) is 0 Å². The van der Waals surface area contributed by atoms with E-state index in [4.69, 9.17) is 0 Å². The van der Waals surface area contributed by atoms with Crippen LogP contribution in [0.1, 0.15) is 0 Å². The first-order valence-corrected chi connectivity index (χ1v) is 10.8. The first kappa shape index (κ1) is 19.8. The number of fused-ring (bicyclic) bond motifs is 1. The third kappa shape index (κ3) is 4.26. The van der Waals surface area contributed by atoms with E-state index in [0.717, 1.165) is 12.7 Å². The maximum atomic E-state index is 13.2. The Kier molecular flexibility index (Phi) is 5.37. The van der Waals surface area contributed by atoms with E-state index >= 15 is 0 Å². The molecule has 1 heterocycles. The third-order valence-corrected chi connectivity index (χ3v) is 5.91. The highest BCUT2D eigenvalue weighted by Gasteiger charge is 2.19. The van der Waals surface area contributed by atoms with Crippen LogP contribution in [0.15, 0.2) is 77.7 Å². The number of sulfonamides is 1. The van der Waals surface area contributed by atoms with Crippen molar-refractivity contribution in [2.24, 2.45) is 0 Å². The summed E-state index contributed by atoms with van der Waals surface area (Å²) < 4.78 is 41.6. The zero-order valence-corrected chi connectivity index (χ0v) is 16.9. The molecule has 2 N–H and O–H groups in total. The molecule has 0 aliphatic heterocycles. The standard InChI is InChI=1S/C21H18BFN4O2S/c1-22-14-6-12-17(13-7-14)30(28,29)27-21-20(24-16-10-8-15(23)9-11-16)25-18-4-2-3-5-19(18)26-21/h2-13,22H,1H3,(H,24,25)(H,26,27). The molecule has 150 valence electrons. The van der Waals surface area contributed by atoms with Crippen LogP contribution < -0.4 is 15.5 Å². The molecule has 3 aromatic carbocycles. The Labute approximate surface area is 174 Å². The van der Waals surface area contributed by atoms with Crippen molar-refractivity contribution < 1.29 is 12.8 Å². The molecule has 0 bridgehead atoms. The van der Waals surface area contributed by atoms with E-state index in [1.165, 1.54) is 24.3 Å². The first-order chi connectivity index (χ1) is 14.4. The molecule has 6 nitrogen and oxygen atoms in total. The molecule has 0 unspecified atom stereocenters. The zero-order chi connectivity index (χ0) is 21.1. The molecule has 0 saturated heterocycles. The van der Waals surface area contributed by atoms with Gasteiger partial charge in [0.15, 0.2) is 18.9 Å². The molecular formula is C21H18BFN4O2S. The topological polar surface area (TPSA) is 84.0 Å². The van der Waals surface area contributed by atoms with Crippen molar-refractivity contribution in [2.45, 2.75) is 11.7 Å². The predicted octanol–water partition coefficient (Wildman–Crippen LogP) is 3.42. The van der Waals surface area contributed by atoms with Crippen molar-refractivity contribution in [3.63, 3.8) is 0 Å². The average molecular weight is 420 g/mol. The van der Waals surface area contributed by atoms with Gasteiger partial charge in [0, 0.05) is 5.69 Å². The van der Waals surface area contributed by atoms with Crippen LogP contribution in [-0.2, 0) is 10.0 Å². The van der Waals surface area contributed by atoms with Gasteiger partial charge in [0.1, 0.15) is 5.82 Å². The van der Waals surface area contributed by atoms with E-state index in [2.05, 4.69) is 20.0 Å². The maximum Gasteiger partial charge on any atom is 0.263 e. The lowest BCUT2D eigenvalue weighted by molar-refractivity contribution is 0.601. The number of benzene rings is 3. The van der Waals surface area contributed by atoms with Crippen LogP contribution in [0.5, 0.6) is 0 Å². The summed E-state index contributed by atoms with van der Waals surface area (Å²) in [6.07, 6.45) is 0. The third-order valence-electron chi connectivity index (χ3n) is 4.55. The van der Waals surface area contributed by atoms with E-state index in [-0.39, 0.29) is 22.3 Å². The second kappa shape index (κ2) is 8.12. The van der Waals surface area contributed by atoms with Gasteiger partial charge in [-0.05, 0) is 48.5 Å². The van der Waals surface area contributed by atoms with Crippen molar-refractivity contribution in [3.05, 3.63) is 78.6 Å². The fourth-order valence-electron chi connectivity index (χ4n) is 2.92. The van der Waals surface area contributed by atoms with Gasteiger partial charge in [-0.2, -0.15) is 0 Å². The molecule has 4 rings (SSSR count). The highest BCUT2D eigenvalue weighted by molar-refractivity contribution is 7.92. The summed E-state index contributed by atoms with van der Waals surface area (Å²) >= 11 is 0. The SMILES string of the molecule is CBc1ccc(S(=O)(=O)Nc2nc3ccccc3nc2Nc2ccc(F)cc2)cc1. The van der Waals surface area contributed by atoms with Gasteiger partial charge in [-0.25, -0.2) is 22.8 Å². The number of nitrogens with zero attached hydrogens (tertiary/aromatic N) is 2. The smallest absolute Gasteiger partial charge is 0.263 e. The molecule has 0 amide bonds. The molecule has 4 aromatic rings. The quantitative estimate of drug-likeness (QED) is 0.467. The monoisotopic (exact) mass is 420 g/mol. The Hall–Kier alpha value is -3.46. The lowest BCUT2D eigenvalue weighted by Crippen LogP contribution is -2.17. The molecule has 1 aromatic heterocycles. The van der Waals surface area contributed by atoms with Crippen LogP contribution in [0, 0.1) is 5.82 Å². The van der Waals surface area contributed by atoms with E-state index in [1.54, 1.807) is 42.5 Å². The molecule has 30 heavy (non-hydrogen) atoms. The molecular weight excluding hydrogens is 402 g/mol. The van der Waals surface area contributed by atoms with Gasteiger partial charge in [-0.1, -0.05) is 36.6 Å². The van der Waals surface area contributed by atoms with E-state index in [9.17, 15) is 12.8 Å². The minimum Gasteiger partial charge on any atom is -0.337 e. The number of hydrogen-bond acceptors (Lipinski definition) is 5. The van der Waals surface area contributed by atoms with Crippen molar-refractivity contribution in [3.8, 4) is 0 Å². The van der Waals surface area contributed by atoms with E-state index < -0.39 is 10.0 Å². The number of anilines is 3. The molecule has 0 saturated carbocycles. The van der Waals surface area contributed by atoms with Gasteiger partial charge in [-0.15, -0.1) is 0 Å². The number of hydrogen-bond donors (Lipinski definition) is 2. The maximum absolute atomic E-state index is 13.2. The number of nitrogens with one attached hydrogen (secondary N) is 2. The predicted molar refractivity (Wildman–Crippen MR) is 119 cm³/mol. The van der Waals surface area contributed by atoms with Crippen LogP contribution in [0.3, 0.4) is 0 Å². The molecule has 0 fully saturated rings. The Morgan fingerprint density at radius 2 is 1.43 bits per heavy atom. The van der Waals surface area contributed by atoms with Crippen molar-refractivity contribution in [1.29, 1.82) is 0 Å². The Balaban J connectivity index is 1.74. The number of halogens is 1. The van der Waals surface area contributed by atoms with Gasteiger partial charge in [-0.3, -0.25) is 4.72 Å². The fourth-order valence-corrected chi connectivity index (χ4v) is 3.93. The molecule has 0 aliphatic rings. The summed E-state index contributed by atoms with van der Waals surface area (Å²) in [6, 6.07) is 19.5. The average Bonchev–Trinajstić information content (AvgIpc) is 2.75. The normalized spacial score (nSPS) is 11.3. The Bertz CT molecular complexity index is 1300. The molecule has 0 radical (unpaired) electrons. The second-order valence-corrected chi connectivity index (χ2v) is 8.33. The largest absolute Gasteiger partial charge is 0.337 e. The van der Waals surface area contributed by atoms with Gasteiger partial charge < -0.3 is 5.32 Å². The Morgan fingerprint density at radius 3 is 2.03 bits per heavy atom. The van der Waals surface area contributed by atoms with Gasteiger partial charge >= 0.3 is 0 Å². The summed E-state index contributed by atoms with van der Waals surface area (Å²) in [5.74, 6) is -0.103. The van der Waals surface area contributed by atoms with E-state index in [0.29, 0.717) is 16.7 Å². The lowest BCUT2D eigenvalue weighted by atomic mass is 9.74. The summed E-state index contributed by atoms with van der Waals surface area (Å²) in [5.41, 5.74) is 2.73. The summed E-state index contributed by atoms with van der Waals surface area (Å²) in [4.78, 5) is 9.07. The van der Waals surface area contributed by atoms with Crippen molar-refractivity contribution in [1.82, 2.24) is 9.97 Å². The number of para-hydroxylation sites is 2. The number of aromatic nitrogens is 2. The molecule has 0 aliphatic carbocycles. The van der Waals surface area contributed by atoms with Gasteiger partial charge in [0.25, 0.3) is 10.0 Å². The first-order valence-electron chi connectivity index (χ1n) is 9.36. The van der Waals surface area contributed by atoms with Crippen LogP contribution in [0.4, 0.5) is 21.7 Å². The zero-order valence-electron chi connectivity index (χ0n) is 16.1. The highest BCUT2D eigenvalue weighted by atomic mass is 32.2. The van der Waals surface area contributed by atoms with Crippen molar-refractivity contribution >= 4 is 51.1 Å². The molecule has 9 heteroatoms. The van der Waals surface area contributed by atoms with E-state index in [1.807, 2.05) is 12.9 Å².